The molecule has 0 unspecified atom stereocenters. The zero-order valence-corrected chi connectivity index (χ0v) is 14.3. The van der Waals surface area contributed by atoms with E-state index in [0.717, 1.165) is 37.6 Å². The number of hydrogen-bond acceptors (Lipinski definition) is 5. The number of aryl methyl sites for hydroxylation is 1. The number of hydrogen-bond donors (Lipinski definition) is 0. The number of anilines is 2. The molecule has 0 aliphatic carbocycles. The van der Waals surface area contributed by atoms with Gasteiger partial charge in [-0.3, -0.25) is 4.79 Å². The van der Waals surface area contributed by atoms with Crippen molar-refractivity contribution in [3.05, 3.63) is 47.0 Å². The van der Waals surface area contributed by atoms with E-state index in [1.165, 1.54) is 0 Å². The van der Waals surface area contributed by atoms with E-state index in [4.69, 9.17) is 4.74 Å². The largest absolute Gasteiger partial charge is 0.492 e. The number of aromatic nitrogens is 2. The van der Waals surface area contributed by atoms with Crippen molar-refractivity contribution in [2.24, 2.45) is 0 Å². The lowest BCUT2D eigenvalue weighted by Gasteiger charge is -2.37. The van der Waals surface area contributed by atoms with Gasteiger partial charge in [-0.15, -0.1) is 0 Å². The van der Waals surface area contributed by atoms with Gasteiger partial charge in [-0.2, -0.15) is 0 Å². The molecule has 0 spiro atoms. The van der Waals surface area contributed by atoms with E-state index in [9.17, 15) is 4.79 Å². The lowest BCUT2D eigenvalue weighted by atomic mass is 10.2. The van der Waals surface area contributed by atoms with Crippen molar-refractivity contribution in [1.82, 2.24) is 9.55 Å². The van der Waals surface area contributed by atoms with Crippen molar-refractivity contribution in [2.45, 2.75) is 20.4 Å². The fourth-order valence-corrected chi connectivity index (χ4v) is 3.06. The molecule has 3 rings (SSSR count). The van der Waals surface area contributed by atoms with E-state index < -0.39 is 0 Å². The quantitative estimate of drug-likeness (QED) is 0.840. The summed E-state index contributed by atoms with van der Waals surface area (Å²) in [4.78, 5) is 21.1. The Kier molecular flexibility index (Phi) is 5.03. The minimum Gasteiger partial charge on any atom is -0.492 e. The summed E-state index contributed by atoms with van der Waals surface area (Å²) in [7, 11) is 0. The van der Waals surface area contributed by atoms with Gasteiger partial charge in [-0.1, -0.05) is 12.1 Å². The third kappa shape index (κ3) is 3.22. The monoisotopic (exact) mass is 328 g/mol. The molecule has 0 N–H and O–H groups in total. The maximum absolute atomic E-state index is 12.4. The molecule has 2 heterocycles. The van der Waals surface area contributed by atoms with Gasteiger partial charge in [0.05, 0.1) is 12.3 Å². The van der Waals surface area contributed by atoms with Gasteiger partial charge in [0, 0.05) is 45.1 Å². The van der Waals surface area contributed by atoms with Crippen LogP contribution in [-0.2, 0) is 6.54 Å². The first kappa shape index (κ1) is 16.4. The predicted molar refractivity (Wildman–Crippen MR) is 96.2 cm³/mol. The van der Waals surface area contributed by atoms with Gasteiger partial charge in [0.15, 0.2) is 5.82 Å². The average Bonchev–Trinajstić information content (AvgIpc) is 2.63. The molecule has 0 saturated carbocycles. The molecule has 0 bridgehead atoms. The number of ether oxygens (including phenoxy) is 1. The van der Waals surface area contributed by atoms with Crippen LogP contribution in [0.3, 0.4) is 0 Å². The third-order valence-electron chi connectivity index (χ3n) is 4.32. The van der Waals surface area contributed by atoms with Crippen LogP contribution in [0.1, 0.15) is 13.8 Å². The van der Waals surface area contributed by atoms with Crippen LogP contribution >= 0.6 is 0 Å². The molecule has 2 aromatic rings. The average molecular weight is 328 g/mol. The zero-order chi connectivity index (χ0) is 16.9. The van der Waals surface area contributed by atoms with Crippen molar-refractivity contribution in [2.75, 3.05) is 42.6 Å². The molecule has 1 aliphatic rings. The SMILES string of the molecule is CCOc1ccccc1N1CCN(c2nccn(CC)c2=O)CC1. The molecule has 1 fully saturated rings. The second-order valence-electron chi connectivity index (χ2n) is 5.72. The summed E-state index contributed by atoms with van der Waals surface area (Å²) < 4.78 is 7.42. The van der Waals surface area contributed by atoms with Gasteiger partial charge < -0.3 is 19.1 Å². The Morgan fingerprint density at radius 3 is 2.50 bits per heavy atom. The highest BCUT2D eigenvalue weighted by Crippen LogP contribution is 2.29. The van der Waals surface area contributed by atoms with Crippen LogP contribution in [0.5, 0.6) is 5.75 Å². The Balaban J connectivity index is 1.74. The van der Waals surface area contributed by atoms with Crippen molar-refractivity contribution < 1.29 is 4.74 Å². The lowest BCUT2D eigenvalue weighted by molar-refractivity contribution is 0.340. The summed E-state index contributed by atoms with van der Waals surface area (Å²) in [6.07, 6.45) is 3.44. The van der Waals surface area contributed by atoms with Crippen LogP contribution in [0.15, 0.2) is 41.5 Å². The van der Waals surface area contributed by atoms with E-state index in [-0.39, 0.29) is 5.56 Å². The predicted octanol–water partition coefficient (Wildman–Crippen LogP) is 1.99. The van der Waals surface area contributed by atoms with E-state index in [2.05, 4.69) is 20.9 Å². The highest BCUT2D eigenvalue weighted by atomic mass is 16.5. The highest BCUT2D eigenvalue weighted by molar-refractivity contribution is 5.59. The third-order valence-corrected chi connectivity index (χ3v) is 4.32. The number of para-hydroxylation sites is 2. The number of rotatable bonds is 5. The molecular formula is C18H24N4O2. The molecule has 128 valence electrons. The Morgan fingerprint density at radius 2 is 1.79 bits per heavy atom. The smallest absolute Gasteiger partial charge is 0.293 e. The van der Waals surface area contributed by atoms with Crippen molar-refractivity contribution in [3.8, 4) is 5.75 Å². The molecular weight excluding hydrogens is 304 g/mol. The normalized spacial score (nSPS) is 14.8. The zero-order valence-electron chi connectivity index (χ0n) is 14.3. The number of benzene rings is 1. The Hall–Kier alpha value is -2.50. The minimum atomic E-state index is -0.0110. The molecule has 0 amide bonds. The van der Waals surface area contributed by atoms with Crippen molar-refractivity contribution in [3.63, 3.8) is 0 Å². The second-order valence-corrected chi connectivity index (χ2v) is 5.72. The molecule has 0 radical (unpaired) electrons. The van der Waals surface area contributed by atoms with Gasteiger partial charge in [0.2, 0.25) is 0 Å². The Labute approximate surface area is 142 Å². The highest BCUT2D eigenvalue weighted by Gasteiger charge is 2.22. The van der Waals surface area contributed by atoms with Gasteiger partial charge >= 0.3 is 0 Å². The fourth-order valence-electron chi connectivity index (χ4n) is 3.06. The first-order chi connectivity index (χ1) is 11.7. The number of nitrogens with zero attached hydrogens (tertiary/aromatic N) is 4. The molecule has 1 saturated heterocycles. The molecule has 1 aromatic carbocycles. The van der Waals surface area contributed by atoms with Crippen LogP contribution in [-0.4, -0.2) is 42.3 Å². The Bertz CT molecular complexity index is 736. The van der Waals surface area contributed by atoms with Crippen LogP contribution in [0.25, 0.3) is 0 Å². The molecule has 6 nitrogen and oxygen atoms in total. The van der Waals surface area contributed by atoms with E-state index in [0.29, 0.717) is 19.0 Å². The van der Waals surface area contributed by atoms with Crippen LogP contribution in [0, 0.1) is 0 Å². The van der Waals surface area contributed by atoms with E-state index in [1.807, 2.05) is 32.0 Å². The molecule has 1 aliphatic heterocycles. The van der Waals surface area contributed by atoms with Crippen LogP contribution in [0.2, 0.25) is 0 Å². The van der Waals surface area contributed by atoms with Gasteiger partial charge in [-0.25, -0.2) is 4.98 Å². The molecule has 24 heavy (non-hydrogen) atoms. The standard InChI is InChI=1S/C18H24N4O2/c1-3-20-10-9-19-17(18(20)23)22-13-11-21(12-14-22)15-7-5-6-8-16(15)24-4-2/h5-10H,3-4,11-14H2,1-2H3. The van der Waals surface area contributed by atoms with Gasteiger partial charge in [-0.05, 0) is 26.0 Å². The number of piperazine rings is 1. The Morgan fingerprint density at radius 1 is 1.08 bits per heavy atom. The maximum Gasteiger partial charge on any atom is 0.293 e. The summed E-state index contributed by atoms with van der Waals surface area (Å²) in [6, 6.07) is 8.12. The lowest BCUT2D eigenvalue weighted by Crippen LogP contribution is -2.48. The van der Waals surface area contributed by atoms with Crippen LogP contribution in [0.4, 0.5) is 11.5 Å². The first-order valence-corrected chi connectivity index (χ1v) is 8.51. The van der Waals surface area contributed by atoms with Crippen molar-refractivity contribution >= 4 is 11.5 Å². The van der Waals surface area contributed by atoms with Gasteiger partial charge in [0.1, 0.15) is 5.75 Å². The van der Waals surface area contributed by atoms with Gasteiger partial charge in [0.25, 0.3) is 5.56 Å². The minimum absolute atomic E-state index is 0.0110. The molecule has 1 aromatic heterocycles. The summed E-state index contributed by atoms with van der Waals surface area (Å²) >= 11 is 0. The van der Waals surface area contributed by atoms with Crippen LogP contribution < -0.4 is 20.1 Å². The maximum atomic E-state index is 12.4. The summed E-state index contributed by atoms with van der Waals surface area (Å²) in [6.45, 7) is 8.51. The van der Waals surface area contributed by atoms with E-state index in [1.54, 1.807) is 17.0 Å². The fraction of sp³-hybridized carbons (Fsp3) is 0.444. The van der Waals surface area contributed by atoms with Crippen molar-refractivity contribution in [1.29, 1.82) is 0 Å². The van der Waals surface area contributed by atoms with E-state index >= 15 is 0 Å². The summed E-state index contributed by atoms with van der Waals surface area (Å²) in [5.74, 6) is 1.47. The summed E-state index contributed by atoms with van der Waals surface area (Å²) in [5.41, 5.74) is 1.11. The second kappa shape index (κ2) is 7.38. The topological polar surface area (TPSA) is 50.6 Å². The first-order valence-electron chi connectivity index (χ1n) is 8.51. The summed E-state index contributed by atoms with van der Waals surface area (Å²) in [5, 5.41) is 0. The molecule has 0 atom stereocenters. The molecule has 6 heteroatoms.